The largest absolute Gasteiger partial charge is 0.384 e. The molecule has 106 valence electrons. The summed E-state index contributed by atoms with van der Waals surface area (Å²) in [6, 6.07) is 14.8. The molecule has 1 nitrogen and oxygen atoms in total. The summed E-state index contributed by atoms with van der Waals surface area (Å²) in [7, 11) is 1.73. The van der Waals surface area contributed by atoms with Crippen LogP contribution < -0.4 is 0 Å². The topological polar surface area (TPSA) is 9.23 Å². The Kier molecular flexibility index (Phi) is 5.22. The summed E-state index contributed by atoms with van der Waals surface area (Å²) in [4.78, 5) is 0. The first-order valence-electron chi connectivity index (χ1n) is 6.91. The minimum absolute atomic E-state index is 0.0901. The highest BCUT2D eigenvalue weighted by Gasteiger charge is 2.15. The van der Waals surface area contributed by atoms with E-state index in [4.69, 9.17) is 16.3 Å². The zero-order valence-corrected chi connectivity index (χ0v) is 13.1. The molecule has 0 heterocycles. The molecular weight excluding hydrogens is 268 g/mol. The fourth-order valence-corrected chi connectivity index (χ4v) is 2.96. The normalized spacial score (nSPS) is 12.4. The first-order valence-corrected chi connectivity index (χ1v) is 7.35. The quantitative estimate of drug-likeness (QED) is 0.717. The maximum Gasteiger partial charge on any atom is 0.0840 e. The monoisotopic (exact) mass is 288 g/mol. The van der Waals surface area contributed by atoms with Crippen LogP contribution in [0.15, 0.2) is 42.5 Å². The molecule has 0 radical (unpaired) electrons. The Hall–Kier alpha value is -1.31. The highest BCUT2D eigenvalue weighted by Crippen LogP contribution is 2.33. The smallest absolute Gasteiger partial charge is 0.0840 e. The number of hydrogen-bond acceptors (Lipinski definition) is 1. The van der Waals surface area contributed by atoms with Gasteiger partial charge in [-0.1, -0.05) is 42.5 Å². The molecule has 0 N–H and O–H groups in total. The lowest BCUT2D eigenvalue weighted by Gasteiger charge is -2.16. The lowest BCUT2D eigenvalue weighted by molar-refractivity contribution is 0.202. The van der Waals surface area contributed by atoms with Crippen LogP contribution in [-0.4, -0.2) is 13.7 Å². The number of methoxy groups -OCH3 is 1. The molecule has 0 aliphatic rings. The van der Waals surface area contributed by atoms with Crippen molar-refractivity contribution in [1.29, 1.82) is 0 Å². The number of rotatable bonds is 5. The summed E-state index contributed by atoms with van der Waals surface area (Å²) in [5.41, 5.74) is 6.13. The van der Waals surface area contributed by atoms with Crippen LogP contribution in [0.1, 0.15) is 33.2 Å². The Balaban J connectivity index is 2.23. The average molecular weight is 289 g/mol. The summed E-state index contributed by atoms with van der Waals surface area (Å²) in [5.74, 6) is 0. The number of aryl methyl sites for hydroxylation is 2. The van der Waals surface area contributed by atoms with Crippen molar-refractivity contribution in [3.8, 4) is 0 Å². The Morgan fingerprint density at radius 1 is 1.00 bits per heavy atom. The first kappa shape index (κ1) is 15.1. The Labute approximate surface area is 126 Å². The van der Waals surface area contributed by atoms with Gasteiger partial charge in [-0.3, -0.25) is 0 Å². The molecule has 20 heavy (non-hydrogen) atoms. The van der Waals surface area contributed by atoms with E-state index < -0.39 is 0 Å². The molecule has 0 spiro atoms. The second-order valence-corrected chi connectivity index (χ2v) is 5.59. The summed E-state index contributed by atoms with van der Waals surface area (Å²) < 4.78 is 5.10. The molecule has 2 rings (SSSR count). The summed E-state index contributed by atoms with van der Waals surface area (Å²) >= 11 is 6.67. The van der Waals surface area contributed by atoms with E-state index in [2.05, 4.69) is 56.3 Å². The maximum atomic E-state index is 6.67. The summed E-state index contributed by atoms with van der Waals surface area (Å²) in [5, 5.41) is -0.0901. The Bertz CT molecular complexity index is 540. The van der Waals surface area contributed by atoms with Gasteiger partial charge in [0.1, 0.15) is 0 Å². The van der Waals surface area contributed by atoms with Gasteiger partial charge < -0.3 is 4.74 Å². The van der Waals surface area contributed by atoms with Gasteiger partial charge in [0, 0.05) is 7.11 Å². The predicted octanol–water partition coefficient (Wildman–Crippen LogP) is 4.82. The molecule has 2 heteroatoms. The first-order chi connectivity index (χ1) is 9.63. The second kappa shape index (κ2) is 6.92. The molecule has 1 unspecified atom stereocenters. The lowest BCUT2D eigenvalue weighted by Crippen LogP contribution is -2.00. The maximum absolute atomic E-state index is 6.67. The molecule has 0 saturated heterocycles. The molecule has 0 aliphatic heterocycles. The van der Waals surface area contributed by atoms with E-state index >= 15 is 0 Å². The zero-order valence-electron chi connectivity index (χ0n) is 12.3. The van der Waals surface area contributed by atoms with Crippen LogP contribution >= 0.6 is 11.6 Å². The number of hydrogen-bond donors (Lipinski definition) is 0. The number of benzene rings is 2. The van der Waals surface area contributed by atoms with E-state index in [1.807, 2.05) is 0 Å². The van der Waals surface area contributed by atoms with Crippen molar-refractivity contribution >= 4 is 11.6 Å². The van der Waals surface area contributed by atoms with E-state index in [-0.39, 0.29) is 5.38 Å². The molecule has 2 aromatic rings. The van der Waals surface area contributed by atoms with Crippen molar-refractivity contribution in [1.82, 2.24) is 0 Å². The fraction of sp³-hybridized carbons (Fsp3) is 0.333. The minimum atomic E-state index is -0.0901. The van der Waals surface area contributed by atoms with Crippen molar-refractivity contribution in [2.75, 3.05) is 13.7 Å². The third kappa shape index (κ3) is 3.41. The van der Waals surface area contributed by atoms with Crippen LogP contribution in [0.2, 0.25) is 0 Å². The van der Waals surface area contributed by atoms with E-state index in [9.17, 15) is 0 Å². The number of halogens is 1. The molecular formula is C18H21ClO. The van der Waals surface area contributed by atoms with Gasteiger partial charge in [0.05, 0.1) is 12.0 Å². The van der Waals surface area contributed by atoms with Crippen molar-refractivity contribution in [3.63, 3.8) is 0 Å². The van der Waals surface area contributed by atoms with Crippen LogP contribution in [0.25, 0.3) is 0 Å². The van der Waals surface area contributed by atoms with Gasteiger partial charge in [-0.05, 0) is 48.1 Å². The van der Waals surface area contributed by atoms with E-state index in [0.29, 0.717) is 0 Å². The SMILES string of the molecule is COCCc1ccc(C(Cl)c2c(C)cccc2C)cc1. The molecule has 0 aliphatic carbocycles. The second-order valence-electron chi connectivity index (χ2n) is 5.15. The molecule has 0 aromatic heterocycles. The van der Waals surface area contributed by atoms with E-state index in [1.165, 1.54) is 22.3 Å². The molecule has 1 atom stereocenters. The fourth-order valence-electron chi connectivity index (χ4n) is 2.47. The third-order valence-electron chi connectivity index (χ3n) is 3.66. The van der Waals surface area contributed by atoms with Crippen LogP contribution in [0.5, 0.6) is 0 Å². The van der Waals surface area contributed by atoms with Crippen molar-refractivity contribution in [3.05, 3.63) is 70.3 Å². The van der Waals surface area contributed by atoms with Crippen molar-refractivity contribution in [2.45, 2.75) is 25.6 Å². The van der Waals surface area contributed by atoms with Gasteiger partial charge in [0.2, 0.25) is 0 Å². The van der Waals surface area contributed by atoms with Gasteiger partial charge in [0.15, 0.2) is 0 Å². The molecule has 0 bridgehead atoms. The molecule has 0 amide bonds. The van der Waals surface area contributed by atoms with Crippen LogP contribution in [0, 0.1) is 13.8 Å². The summed E-state index contributed by atoms with van der Waals surface area (Å²) in [6.45, 7) is 4.98. The van der Waals surface area contributed by atoms with Crippen LogP contribution in [0.4, 0.5) is 0 Å². The number of alkyl halides is 1. The highest BCUT2D eigenvalue weighted by molar-refractivity contribution is 6.22. The lowest BCUT2D eigenvalue weighted by atomic mass is 9.95. The van der Waals surface area contributed by atoms with Gasteiger partial charge >= 0.3 is 0 Å². The standard InChI is InChI=1S/C18H21ClO/c1-13-5-4-6-14(2)17(13)18(19)16-9-7-15(8-10-16)11-12-20-3/h4-10,18H,11-12H2,1-3H3. The van der Waals surface area contributed by atoms with Crippen LogP contribution in [-0.2, 0) is 11.2 Å². The van der Waals surface area contributed by atoms with Gasteiger partial charge in [-0.25, -0.2) is 0 Å². The van der Waals surface area contributed by atoms with Gasteiger partial charge in [-0.15, -0.1) is 11.6 Å². The zero-order chi connectivity index (χ0) is 14.5. The summed E-state index contributed by atoms with van der Waals surface area (Å²) in [6.07, 6.45) is 0.938. The van der Waals surface area contributed by atoms with Crippen LogP contribution in [0.3, 0.4) is 0 Å². The predicted molar refractivity (Wildman–Crippen MR) is 85.6 cm³/mol. The van der Waals surface area contributed by atoms with Crippen molar-refractivity contribution < 1.29 is 4.74 Å². The molecule has 2 aromatic carbocycles. The molecule has 0 fully saturated rings. The van der Waals surface area contributed by atoms with Gasteiger partial charge in [0.25, 0.3) is 0 Å². The highest BCUT2D eigenvalue weighted by atomic mass is 35.5. The molecule has 0 saturated carbocycles. The Morgan fingerprint density at radius 2 is 1.60 bits per heavy atom. The van der Waals surface area contributed by atoms with E-state index in [1.54, 1.807) is 7.11 Å². The van der Waals surface area contributed by atoms with E-state index in [0.717, 1.165) is 18.6 Å². The van der Waals surface area contributed by atoms with Gasteiger partial charge in [-0.2, -0.15) is 0 Å². The third-order valence-corrected chi connectivity index (χ3v) is 4.13. The average Bonchev–Trinajstić information content (AvgIpc) is 2.45. The number of ether oxygens (including phenoxy) is 1. The minimum Gasteiger partial charge on any atom is -0.384 e. The Morgan fingerprint density at radius 3 is 2.15 bits per heavy atom. The van der Waals surface area contributed by atoms with Crippen molar-refractivity contribution in [2.24, 2.45) is 0 Å².